The van der Waals surface area contributed by atoms with E-state index in [1.807, 2.05) is 25.1 Å². The molecular weight excluding hydrogens is 521 g/mol. The maximum atomic E-state index is 12.3. The maximum Gasteiger partial charge on any atom is 0.270 e. The van der Waals surface area contributed by atoms with Crippen LogP contribution < -0.4 is 15.4 Å². The van der Waals surface area contributed by atoms with E-state index in [-0.39, 0.29) is 47.6 Å². The van der Waals surface area contributed by atoms with E-state index >= 15 is 0 Å². The molecule has 164 valence electrons. The van der Waals surface area contributed by atoms with E-state index in [2.05, 4.69) is 32.5 Å². The standard InChI is InChI=1S/C19H25N5O4S.HI/c1-2-20-19(21-12-11-16-7-4-3-5-8-16)22-13-14-23-29(27,28)18-10-6-9-17(15-18)24(25)26;/h3-10,15,23H,2,11-14H2,1H3,(H2,20,21,22);1H. The van der Waals surface area contributed by atoms with Crippen molar-refractivity contribution in [3.05, 3.63) is 70.3 Å². The number of nitrogens with zero attached hydrogens (tertiary/aromatic N) is 2. The van der Waals surface area contributed by atoms with Crippen molar-refractivity contribution in [1.29, 1.82) is 0 Å². The number of aliphatic imine (C=N–C) groups is 1. The average Bonchev–Trinajstić information content (AvgIpc) is 2.72. The van der Waals surface area contributed by atoms with Crippen LogP contribution in [0.4, 0.5) is 5.69 Å². The molecule has 9 nitrogen and oxygen atoms in total. The second-order valence-electron chi connectivity index (χ2n) is 6.08. The second-order valence-corrected chi connectivity index (χ2v) is 7.84. The fraction of sp³-hybridized carbons (Fsp3) is 0.316. The highest BCUT2D eigenvalue weighted by atomic mass is 127. The molecule has 0 radical (unpaired) electrons. The van der Waals surface area contributed by atoms with Crippen molar-refractivity contribution in [2.24, 2.45) is 4.99 Å². The molecule has 0 aliphatic rings. The third-order valence-electron chi connectivity index (χ3n) is 3.91. The molecule has 0 unspecified atom stereocenters. The van der Waals surface area contributed by atoms with Crippen LogP contribution in [-0.4, -0.2) is 45.5 Å². The smallest absolute Gasteiger partial charge is 0.270 e. The van der Waals surface area contributed by atoms with Gasteiger partial charge in [0.05, 0.1) is 16.4 Å². The second kappa shape index (κ2) is 13.1. The summed E-state index contributed by atoms with van der Waals surface area (Å²) in [6.45, 7) is 3.60. The van der Waals surface area contributed by atoms with Gasteiger partial charge in [0.1, 0.15) is 0 Å². The number of nitrogens with one attached hydrogen (secondary N) is 3. The average molecular weight is 547 g/mol. The molecule has 0 aliphatic heterocycles. The van der Waals surface area contributed by atoms with Crippen molar-refractivity contribution < 1.29 is 13.3 Å². The predicted octanol–water partition coefficient (Wildman–Crippen LogP) is 2.29. The molecule has 0 saturated carbocycles. The Bertz CT molecular complexity index is 939. The van der Waals surface area contributed by atoms with Crippen LogP contribution in [0.15, 0.2) is 64.5 Å². The van der Waals surface area contributed by atoms with Gasteiger partial charge in [-0.25, -0.2) is 13.1 Å². The van der Waals surface area contributed by atoms with Crippen LogP contribution in [0.2, 0.25) is 0 Å². The number of halogens is 1. The zero-order chi connectivity index (χ0) is 21.1. The predicted molar refractivity (Wildman–Crippen MR) is 128 cm³/mol. The molecule has 0 amide bonds. The number of rotatable bonds is 10. The molecule has 30 heavy (non-hydrogen) atoms. The van der Waals surface area contributed by atoms with Crippen LogP contribution in [0.1, 0.15) is 12.5 Å². The van der Waals surface area contributed by atoms with Gasteiger partial charge in [-0.15, -0.1) is 24.0 Å². The van der Waals surface area contributed by atoms with Gasteiger partial charge in [0, 0.05) is 31.8 Å². The first-order valence-electron chi connectivity index (χ1n) is 9.22. The summed E-state index contributed by atoms with van der Waals surface area (Å²) in [5.41, 5.74) is 0.934. The summed E-state index contributed by atoms with van der Waals surface area (Å²) in [6.07, 6.45) is 0.838. The number of guanidine groups is 1. The van der Waals surface area contributed by atoms with Gasteiger partial charge >= 0.3 is 0 Å². The van der Waals surface area contributed by atoms with Gasteiger partial charge in [0.25, 0.3) is 5.69 Å². The van der Waals surface area contributed by atoms with Gasteiger partial charge in [-0.05, 0) is 25.0 Å². The molecule has 2 aromatic rings. The van der Waals surface area contributed by atoms with Crippen molar-refractivity contribution in [3.63, 3.8) is 0 Å². The Morgan fingerprint density at radius 1 is 1.07 bits per heavy atom. The lowest BCUT2D eigenvalue weighted by molar-refractivity contribution is -0.385. The first-order chi connectivity index (χ1) is 13.9. The summed E-state index contributed by atoms with van der Waals surface area (Å²) in [5, 5.41) is 17.1. The topological polar surface area (TPSA) is 126 Å². The van der Waals surface area contributed by atoms with Crippen LogP contribution in [0.25, 0.3) is 0 Å². The molecule has 11 heteroatoms. The molecule has 2 rings (SSSR count). The zero-order valence-corrected chi connectivity index (χ0v) is 19.7. The normalized spacial score (nSPS) is 11.4. The lowest BCUT2D eigenvalue weighted by atomic mass is 10.1. The monoisotopic (exact) mass is 547 g/mol. The molecule has 0 aromatic heterocycles. The number of hydrogen-bond acceptors (Lipinski definition) is 5. The highest BCUT2D eigenvalue weighted by Gasteiger charge is 2.16. The Kier molecular flexibility index (Phi) is 11.3. The Balaban J connectivity index is 0.00000450. The van der Waals surface area contributed by atoms with Gasteiger partial charge in [0.2, 0.25) is 10.0 Å². The van der Waals surface area contributed by atoms with Gasteiger partial charge in [-0.3, -0.25) is 15.1 Å². The Morgan fingerprint density at radius 2 is 1.80 bits per heavy atom. The first kappa shape index (κ1) is 25.8. The van der Waals surface area contributed by atoms with Crippen LogP contribution in [0.5, 0.6) is 0 Å². The summed E-state index contributed by atoms with van der Waals surface area (Å²) in [7, 11) is -3.84. The van der Waals surface area contributed by atoms with Crippen molar-refractivity contribution in [1.82, 2.24) is 15.4 Å². The number of nitro benzene ring substituents is 1. The summed E-state index contributed by atoms with van der Waals surface area (Å²) in [6, 6.07) is 15.0. The van der Waals surface area contributed by atoms with Crippen molar-refractivity contribution >= 4 is 45.6 Å². The highest BCUT2D eigenvalue weighted by molar-refractivity contribution is 14.0. The van der Waals surface area contributed by atoms with Gasteiger partial charge in [-0.1, -0.05) is 36.4 Å². The molecule has 0 bridgehead atoms. The van der Waals surface area contributed by atoms with Crippen LogP contribution in [0, 0.1) is 10.1 Å². The number of sulfonamides is 1. The molecular formula is C19H26IN5O4S. The maximum absolute atomic E-state index is 12.3. The van der Waals surface area contributed by atoms with Crippen molar-refractivity contribution in [2.75, 3.05) is 26.2 Å². The van der Waals surface area contributed by atoms with E-state index in [1.54, 1.807) is 0 Å². The molecule has 3 N–H and O–H groups in total. The van der Waals surface area contributed by atoms with E-state index < -0.39 is 14.9 Å². The van der Waals surface area contributed by atoms with Gasteiger partial charge < -0.3 is 10.6 Å². The Hall–Kier alpha value is -2.25. The highest BCUT2D eigenvalue weighted by Crippen LogP contribution is 2.16. The van der Waals surface area contributed by atoms with Crippen LogP contribution in [-0.2, 0) is 16.4 Å². The van der Waals surface area contributed by atoms with Crippen LogP contribution in [0.3, 0.4) is 0 Å². The van der Waals surface area contributed by atoms with Crippen molar-refractivity contribution in [3.8, 4) is 0 Å². The largest absolute Gasteiger partial charge is 0.357 e. The third-order valence-corrected chi connectivity index (χ3v) is 5.36. The quantitative estimate of drug-likeness (QED) is 0.105. The number of nitro groups is 1. The molecule has 0 fully saturated rings. The fourth-order valence-electron chi connectivity index (χ4n) is 2.51. The number of non-ortho nitro benzene ring substituents is 1. The summed E-state index contributed by atoms with van der Waals surface area (Å²) >= 11 is 0. The molecule has 2 aromatic carbocycles. The molecule has 0 aliphatic carbocycles. The SMILES string of the molecule is CCNC(=NCCNS(=O)(=O)c1cccc([N+](=O)[O-])c1)NCCc1ccccc1.I. The summed E-state index contributed by atoms with van der Waals surface area (Å²) in [4.78, 5) is 14.4. The first-order valence-corrected chi connectivity index (χ1v) is 10.7. The molecule has 0 saturated heterocycles. The minimum Gasteiger partial charge on any atom is -0.357 e. The molecule has 0 spiro atoms. The van der Waals surface area contributed by atoms with E-state index in [0.717, 1.165) is 12.5 Å². The Morgan fingerprint density at radius 3 is 2.47 bits per heavy atom. The van der Waals surface area contributed by atoms with Crippen LogP contribution >= 0.6 is 24.0 Å². The minimum absolute atomic E-state index is 0. The third kappa shape index (κ3) is 8.63. The fourth-order valence-corrected chi connectivity index (χ4v) is 3.57. The van der Waals surface area contributed by atoms with E-state index in [1.165, 1.54) is 23.8 Å². The van der Waals surface area contributed by atoms with E-state index in [9.17, 15) is 18.5 Å². The lowest BCUT2D eigenvalue weighted by Crippen LogP contribution is -2.39. The zero-order valence-electron chi connectivity index (χ0n) is 16.6. The van der Waals surface area contributed by atoms with E-state index in [4.69, 9.17) is 0 Å². The minimum atomic E-state index is -3.84. The van der Waals surface area contributed by atoms with Gasteiger partial charge in [-0.2, -0.15) is 0 Å². The molecule has 0 atom stereocenters. The van der Waals surface area contributed by atoms with Gasteiger partial charge in [0.15, 0.2) is 5.96 Å². The summed E-state index contributed by atoms with van der Waals surface area (Å²) in [5.74, 6) is 0.595. The summed E-state index contributed by atoms with van der Waals surface area (Å²) < 4.78 is 27.0. The number of benzene rings is 2. The number of hydrogen-bond donors (Lipinski definition) is 3. The molecule has 0 heterocycles. The Labute approximate surface area is 193 Å². The lowest BCUT2D eigenvalue weighted by Gasteiger charge is -2.11. The van der Waals surface area contributed by atoms with E-state index in [0.29, 0.717) is 19.0 Å². The van der Waals surface area contributed by atoms with Crippen molar-refractivity contribution in [2.45, 2.75) is 18.2 Å².